The maximum absolute atomic E-state index is 13.3. The lowest BCUT2D eigenvalue weighted by molar-refractivity contribution is -0.134. The lowest BCUT2D eigenvalue weighted by Crippen LogP contribution is -2.63. The van der Waals surface area contributed by atoms with Gasteiger partial charge in [0, 0.05) is 52.5 Å². The van der Waals surface area contributed by atoms with Crippen molar-refractivity contribution >= 4 is 15.9 Å². The molecule has 1 amide bonds. The van der Waals surface area contributed by atoms with E-state index in [1.165, 1.54) is 23.7 Å². The van der Waals surface area contributed by atoms with Crippen LogP contribution in [0.1, 0.15) is 25.7 Å². The van der Waals surface area contributed by atoms with Gasteiger partial charge in [0.1, 0.15) is 10.9 Å². The van der Waals surface area contributed by atoms with Crippen molar-refractivity contribution < 1.29 is 13.2 Å². The Bertz CT molecular complexity index is 903. The van der Waals surface area contributed by atoms with E-state index in [2.05, 4.69) is 26.8 Å². The number of sulfonamides is 1. The van der Waals surface area contributed by atoms with E-state index in [4.69, 9.17) is 0 Å². The Morgan fingerprint density at radius 1 is 1.14 bits per heavy atom. The van der Waals surface area contributed by atoms with Gasteiger partial charge < -0.3 is 9.80 Å². The first-order valence-electron chi connectivity index (χ1n) is 10.6. The smallest absolute Gasteiger partial charge is 0.246 e. The quantitative estimate of drug-likeness (QED) is 0.667. The van der Waals surface area contributed by atoms with Crippen LogP contribution in [0.2, 0.25) is 0 Å². The summed E-state index contributed by atoms with van der Waals surface area (Å²) in [7, 11) is 0.246. The predicted octanol–water partition coefficient (Wildman–Crippen LogP) is -0.231. The Balaban J connectivity index is 1.40. The fourth-order valence-electron chi connectivity index (χ4n) is 5.31. The van der Waals surface area contributed by atoms with Crippen molar-refractivity contribution in [3.05, 3.63) is 12.4 Å². The highest BCUT2D eigenvalue weighted by molar-refractivity contribution is 7.89. The van der Waals surface area contributed by atoms with Crippen LogP contribution in [0.4, 0.5) is 0 Å². The monoisotopic (exact) mass is 422 g/mol. The molecule has 1 saturated carbocycles. The minimum atomic E-state index is -3.55. The van der Waals surface area contributed by atoms with Crippen LogP contribution in [0.3, 0.4) is 0 Å². The first-order valence-corrected chi connectivity index (χ1v) is 12.0. The Labute approximate surface area is 172 Å². The molecule has 10 heteroatoms. The zero-order valence-electron chi connectivity index (χ0n) is 17.2. The predicted molar refractivity (Wildman–Crippen MR) is 106 cm³/mol. The van der Waals surface area contributed by atoms with Gasteiger partial charge in [0.15, 0.2) is 0 Å². The van der Waals surface area contributed by atoms with Crippen molar-refractivity contribution in [3.63, 3.8) is 0 Å². The summed E-state index contributed by atoms with van der Waals surface area (Å²) in [5.74, 6) is 0.860. The number of carbonyl (C=O) groups excluding carboxylic acids is 1. The number of fused-ring (bicyclic) bond motifs is 2. The van der Waals surface area contributed by atoms with E-state index in [9.17, 15) is 13.2 Å². The summed E-state index contributed by atoms with van der Waals surface area (Å²) in [6.07, 6.45) is 6.71. The summed E-state index contributed by atoms with van der Waals surface area (Å²) in [6.45, 7) is 4.27. The summed E-state index contributed by atoms with van der Waals surface area (Å²) in [5.41, 5.74) is -0.327. The molecular weight excluding hydrogens is 392 g/mol. The van der Waals surface area contributed by atoms with E-state index in [0.717, 1.165) is 26.2 Å². The molecule has 1 spiro atoms. The van der Waals surface area contributed by atoms with Crippen molar-refractivity contribution in [3.8, 4) is 0 Å². The maximum atomic E-state index is 13.3. The number of aromatic nitrogens is 2. The number of likely N-dealkylation sites (N-methyl/N-ethyl adjacent to an activating group) is 1. The van der Waals surface area contributed by atoms with Crippen LogP contribution in [0.15, 0.2) is 17.3 Å². The minimum absolute atomic E-state index is 0.0889. The molecule has 1 aliphatic carbocycles. The van der Waals surface area contributed by atoms with Gasteiger partial charge in [-0.3, -0.25) is 14.4 Å². The molecule has 4 heterocycles. The van der Waals surface area contributed by atoms with Gasteiger partial charge >= 0.3 is 0 Å². The molecule has 9 nitrogen and oxygen atoms in total. The standard InChI is InChI=1S/C19H30N6O3S/c1-21-9-10-24-17(14-21)18(26)25(12-15-3-4-15)19(24)5-7-23(8-6-19)29(27,28)16-11-20-22(2)13-16/h11,13,15,17H,3-10,12,14H2,1-2H3/t17-/m1/s1. The third-order valence-electron chi connectivity index (χ3n) is 7.15. The highest BCUT2D eigenvalue weighted by Gasteiger charge is 2.59. The molecule has 0 unspecified atom stereocenters. The van der Waals surface area contributed by atoms with Crippen LogP contribution in [0.5, 0.6) is 0 Å². The van der Waals surface area contributed by atoms with Crippen LogP contribution < -0.4 is 0 Å². The van der Waals surface area contributed by atoms with E-state index in [1.54, 1.807) is 17.5 Å². The van der Waals surface area contributed by atoms with Gasteiger partial charge in [-0.15, -0.1) is 0 Å². The summed E-state index contributed by atoms with van der Waals surface area (Å²) in [4.78, 5) is 20.3. The second kappa shape index (κ2) is 6.76. The first kappa shape index (κ1) is 19.5. The van der Waals surface area contributed by atoms with Crippen molar-refractivity contribution in [1.29, 1.82) is 0 Å². The number of hydrogen-bond donors (Lipinski definition) is 0. The number of amides is 1. The lowest BCUT2D eigenvalue weighted by atomic mass is 9.94. The Hall–Kier alpha value is -1.49. The van der Waals surface area contributed by atoms with Crippen LogP contribution in [-0.2, 0) is 21.9 Å². The molecule has 0 aromatic carbocycles. The third kappa shape index (κ3) is 3.11. The number of nitrogens with zero attached hydrogens (tertiary/aromatic N) is 6. The maximum Gasteiger partial charge on any atom is 0.246 e. The van der Waals surface area contributed by atoms with Gasteiger partial charge in [0.2, 0.25) is 15.9 Å². The van der Waals surface area contributed by atoms with Gasteiger partial charge in [0.05, 0.1) is 11.9 Å². The SMILES string of the molecule is CN1CCN2[C@H](C1)C(=O)N(CC1CC1)C21CCN(S(=O)(=O)c2cnn(C)c2)CC1. The first-order chi connectivity index (χ1) is 13.8. The van der Waals surface area contributed by atoms with Crippen LogP contribution in [0, 0.1) is 5.92 Å². The second-order valence-corrected chi connectivity index (χ2v) is 11.0. The fraction of sp³-hybridized carbons (Fsp3) is 0.789. The molecule has 160 valence electrons. The summed E-state index contributed by atoms with van der Waals surface area (Å²) < 4.78 is 29.2. The van der Waals surface area contributed by atoms with Crippen molar-refractivity contribution in [2.24, 2.45) is 13.0 Å². The van der Waals surface area contributed by atoms with Crippen molar-refractivity contribution in [2.45, 2.75) is 42.3 Å². The number of piperazine rings is 1. The van der Waals surface area contributed by atoms with E-state index < -0.39 is 10.0 Å². The summed E-state index contributed by atoms with van der Waals surface area (Å²) >= 11 is 0. The van der Waals surface area contributed by atoms with Gasteiger partial charge in [-0.25, -0.2) is 8.42 Å². The van der Waals surface area contributed by atoms with Crippen molar-refractivity contribution in [2.75, 3.05) is 46.3 Å². The normalized spacial score (nSPS) is 29.0. The molecule has 3 aliphatic heterocycles. The van der Waals surface area contributed by atoms with Crippen LogP contribution >= 0.6 is 0 Å². The average molecular weight is 423 g/mol. The molecule has 1 atom stereocenters. The van der Waals surface area contributed by atoms with Gasteiger partial charge in [-0.05, 0) is 38.6 Å². The molecule has 1 aromatic rings. The highest BCUT2D eigenvalue weighted by atomic mass is 32.2. The highest BCUT2D eigenvalue weighted by Crippen LogP contribution is 2.44. The number of rotatable bonds is 4. The second-order valence-electron chi connectivity index (χ2n) is 9.10. The summed E-state index contributed by atoms with van der Waals surface area (Å²) in [6, 6.07) is -0.0889. The molecule has 0 N–H and O–H groups in total. The molecule has 0 bridgehead atoms. The zero-order valence-corrected chi connectivity index (χ0v) is 18.0. The molecule has 4 aliphatic rings. The number of hydrogen-bond acceptors (Lipinski definition) is 6. The average Bonchev–Trinajstić information content (AvgIpc) is 3.37. The number of piperidine rings is 1. The minimum Gasteiger partial charge on any atom is -0.322 e. The Morgan fingerprint density at radius 2 is 1.86 bits per heavy atom. The van der Waals surface area contributed by atoms with E-state index >= 15 is 0 Å². The zero-order chi connectivity index (χ0) is 20.4. The van der Waals surface area contributed by atoms with Gasteiger partial charge in [-0.1, -0.05) is 0 Å². The fourth-order valence-corrected chi connectivity index (χ4v) is 6.74. The molecule has 3 saturated heterocycles. The summed E-state index contributed by atoms with van der Waals surface area (Å²) in [5, 5.41) is 4.02. The number of aryl methyl sites for hydroxylation is 1. The van der Waals surface area contributed by atoms with E-state index in [0.29, 0.717) is 31.8 Å². The molecule has 29 heavy (non-hydrogen) atoms. The third-order valence-corrected chi connectivity index (χ3v) is 9.00. The van der Waals surface area contributed by atoms with Gasteiger partial charge in [-0.2, -0.15) is 9.40 Å². The number of carbonyl (C=O) groups is 1. The van der Waals surface area contributed by atoms with Gasteiger partial charge in [0.25, 0.3) is 0 Å². The lowest BCUT2D eigenvalue weighted by Gasteiger charge is -2.50. The van der Waals surface area contributed by atoms with Crippen LogP contribution in [0.25, 0.3) is 0 Å². The topological polar surface area (TPSA) is 82.0 Å². The Kier molecular flexibility index (Phi) is 4.54. The molecule has 1 aromatic heterocycles. The largest absolute Gasteiger partial charge is 0.322 e. The van der Waals surface area contributed by atoms with Crippen LogP contribution in [-0.4, -0.2) is 101 Å². The molecule has 0 radical (unpaired) electrons. The Morgan fingerprint density at radius 3 is 2.48 bits per heavy atom. The molecule has 5 rings (SSSR count). The van der Waals surface area contributed by atoms with E-state index in [-0.39, 0.29) is 22.5 Å². The molecular formula is C19H30N6O3S. The van der Waals surface area contributed by atoms with Crippen molar-refractivity contribution in [1.82, 2.24) is 28.8 Å². The van der Waals surface area contributed by atoms with E-state index in [1.807, 2.05) is 0 Å². The molecule has 4 fully saturated rings.